The lowest BCUT2D eigenvalue weighted by Gasteiger charge is -2.09. The largest absolute Gasteiger partial charge is 0.459 e. The van der Waals surface area contributed by atoms with Crippen LogP contribution in [0.1, 0.15) is 36.8 Å². The molecule has 1 aromatic heterocycles. The van der Waals surface area contributed by atoms with Crippen LogP contribution in [0.5, 0.6) is 0 Å². The fraction of sp³-hybridized carbons (Fsp3) is 0.333. The quantitative estimate of drug-likeness (QED) is 0.438. The van der Waals surface area contributed by atoms with Crippen LogP contribution in [-0.4, -0.2) is 33.7 Å². The number of thioether (sulfide) groups is 1. The molecule has 7 nitrogen and oxygen atoms in total. The van der Waals surface area contributed by atoms with E-state index in [2.05, 4.69) is 15.3 Å². The molecule has 0 aliphatic heterocycles. The van der Waals surface area contributed by atoms with E-state index in [9.17, 15) is 14.4 Å². The van der Waals surface area contributed by atoms with Gasteiger partial charge in [-0.3, -0.25) is 9.59 Å². The molecule has 0 saturated carbocycles. The summed E-state index contributed by atoms with van der Waals surface area (Å²) in [6.45, 7) is 5.47. The SMILES string of the molecule is CCc1cc(=O)[nH]c(SCC(=O)Nc2ccc(C(=O)OC(C)C)cc2)n1. The van der Waals surface area contributed by atoms with Gasteiger partial charge >= 0.3 is 5.97 Å². The number of carbonyl (C=O) groups excluding carboxylic acids is 2. The highest BCUT2D eigenvalue weighted by Crippen LogP contribution is 2.14. The third kappa shape index (κ3) is 6.03. The third-order valence-corrected chi connectivity index (χ3v) is 4.10. The van der Waals surface area contributed by atoms with E-state index in [1.807, 2.05) is 6.92 Å². The van der Waals surface area contributed by atoms with E-state index < -0.39 is 5.97 Å². The van der Waals surface area contributed by atoms with Gasteiger partial charge in [0, 0.05) is 17.4 Å². The van der Waals surface area contributed by atoms with Gasteiger partial charge in [-0.25, -0.2) is 9.78 Å². The minimum atomic E-state index is -0.403. The Morgan fingerprint density at radius 1 is 1.27 bits per heavy atom. The molecule has 8 heteroatoms. The number of esters is 1. The smallest absolute Gasteiger partial charge is 0.338 e. The minimum absolute atomic E-state index is 0.104. The van der Waals surface area contributed by atoms with Crippen molar-refractivity contribution in [1.29, 1.82) is 0 Å². The number of amides is 1. The van der Waals surface area contributed by atoms with Crippen molar-refractivity contribution in [3.8, 4) is 0 Å². The number of carbonyl (C=O) groups is 2. The molecule has 0 unspecified atom stereocenters. The van der Waals surface area contributed by atoms with E-state index in [1.165, 1.54) is 6.07 Å². The van der Waals surface area contributed by atoms with E-state index >= 15 is 0 Å². The Kier molecular flexibility index (Phi) is 6.97. The summed E-state index contributed by atoms with van der Waals surface area (Å²) in [7, 11) is 0. The summed E-state index contributed by atoms with van der Waals surface area (Å²) in [4.78, 5) is 42.2. The lowest BCUT2D eigenvalue weighted by Crippen LogP contribution is -2.16. The Hall–Kier alpha value is -2.61. The van der Waals surface area contributed by atoms with Gasteiger partial charge in [0.1, 0.15) is 0 Å². The molecule has 0 radical (unpaired) electrons. The number of hydrogen-bond donors (Lipinski definition) is 2. The van der Waals surface area contributed by atoms with Gasteiger partial charge in [-0.2, -0.15) is 0 Å². The number of ether oxygens (including phenoxy) is 1. The van der Waals surface area contributed by atoms with Crippen molar-refractivity contribution < 1.29 is 14.3 Å². The zero-order valence-corrected chi connectivity index (χ0v) is 15.7. The highest BCUT2D eigenvalue weighted by molar-refractivity contribution is 7.99. The molecule has 0 atom stereocenters. The minimum Gasteiger partial charge on any atom is -0.459 e. The van der Waals surface area contributed by atoms with Crippen LogP contribution in [0.15, 0.2) is 40.3 Å². The number of benzene rings is 1. The van der Waals surface area contributed by atoms with Gasteiger partial charge in [-0.05, 0) is 44.5 Å². The predicted molar refractivity (Wildman–Crippen MR) is 101 cm³/mol. The van der Waals surface area contributed by atoms with E-state index in [4.69, 9.17) is 4.74 Å². The number of hydrogen-bond acceptors (Lipinski definition) is 6. The summed E-state index contributed by atoms with van der Waals surface area (Å²) >= 11 is 1.15. The van der Waals surface area contributed by atoms with E-state index in [0.717, 1.165) is 11.8 Å². The molecule has 0 spiro atoms. The van der Waals surface area contributed by atoms with Crippen LogP contribution in [0, 0.1) is 0 Å². The second-order valence-electron chi connectivity index (χ2n) is 5.76. The molecule has 0 aliphatic rings. The lowest BCUT2D eigenvalue weighted by molar-refractivity contribution is -0.113. The van der Waals surface area contributed by atoms with Crippen LogP contribution >= 0.6 is 11.8 Å². The van der Waals surface area contributed by atoms with Crippen LogP contribution in [0.4, 0.5) is 5.69 Å². The number of aryl methyl sites for hydroxylation is 1. The first-order chi connectivity index (χ1) is 12.4. The first-order valence-corrected chi connectivity index (χ1v) is 9.20. The molecule has 0 bridgehead atoms. The highest BCUT2D eigenvalue weighted by atomic mass is 32.2. The average Bonchev–Trinajstić information content (AvgIpc) is 2.59. The average molecular weight is 375 g/mol. The first kappa shape index (κ1) is 19.7. The molecule has 2 aromatic rings. The molecule has 0 saturated heterocycles. The normalized spacial score (nSPS) is 10.6. The monoisotopic (exact) mass is 375 g/mol. The van der Waals surface area contributed by atoms with E-state index in [1.54, 1.807) is 38.1 Å². The maximum Gasteiger partial charge on any atom is 0.338 e. The van der Waals surface area contributed by atoms with Crippen molar-refractivity contribution in [2.24, 2.45) is 0 Å². The fourth-order valence-electron chi connectivity index (χ4n) is 2.04. The van der Waals surface area contributed by atoms with Crippen molar-refractivity contribution in [3.63, 3.8) is 0 Å². The van der Waals surface area contributed by atoms with Crippen LogP contribution < -0.4 is 10.9 Å². The van der Waals surface area contributed by atoms with Gasteiger partial charge in [-0.1, -0.05) is 18.7 Å². The van der Waals surface area contributed by atoms with Gasteiger partial charge in [0.15, 0.2) is 5.16 Å². The molecule has 138 valence electrons. The molecular formula is C18H21N3O4S. The van der Waals surface area contributed by atoms with Gasteiger partial charge < -0.3 is 15.0 Å². The number of nitrogens with one attached hydrogen (secondary N) is 2. The molecule has 0 aliphatic carbocycles. The zero-order chi connectivity index (χ0) is 19.1. The number of rotatable bonds is 7. The molecule has 1 heterocycles. The van der Waals surface area contributed by atoms with Crippen LogP contribution in [0.2, 0.25) is 0 Å². The summed E-state index contributed by atoms with van der Waals surface area (Å²) in [5, 5.41) is 3.14. The standard InChI is InChI=1S/C18H21N3O4S/c1-4-13-9-15(22)21-18(20-13)26-10-16(23)19-14-7-5-12(6-8-14)17(24)25-11(2)3/h5-9,11H,4,10H2,1-3H3,(H,19,23)(H,20,21,22). The number of aromatic nitrogens is 2. The molecule has 2 N–H and O–H groups in total. The van der Waals surface area contributed by atoms with Crippen LogP contribution in [-0.2, 0) is 16.0 Å². The number of aromatic amines is 1. The molecular weight excluding hydrogens is 354 g/mol. The maximum atomic E-state index is 12.0. The summed E-state index contributed by atoms with van der Waals surface area (Å²) in [6, 6.07) is 7.90. The van der Waals surface area contributed by atoms with E-state index in [0.29, 0.717) is 28.5 Å². The molecule has 1 aromatic carbocycles. The Morgan fingerprint density at radius 3 is 2.58 bits per heavy atom. The van der Waals surface area contributed by atoms with Crippen LogP contribution in [0.25, 0.3) is 0 Å². The Morgan fingerprint density at radius 2 is 1.96 bits per heavy atom. The van der Waals surface area contributed by atoms with Gasteiger partial charge in [0.2, 0.25) is 5.91 Å². The van der Waals surface area contributed by atoms with E-state index in [-0.39, 0.29) is 23.3 Å². The summed E-state index contributed by atoms with van der Waals surface area (Å²) in [5.41, 5.74) is 1.44. The molecule has 26 heavy (non-hydrogen) atoms. The Bertz CT molecular complexity index is 831. The molecule has 2 rings (SSSR count). The Labute approximate surface area is 155 Å². The lowest BCUT2D eigenvalue weighted by atomic mass is 10.2. The van der Waals surface area contributed by atoms with Crippen molar-refractivity contribution in [3.05, 3.63) is 51.9 Å². The molecule has 0 fully saturated rings. The summed E-state index contributed by atoms with van der Waals surface area (Å²) < 4.78 is 5.11. The Balaban J connectivity index is 1.90. The van der Waals surface area contributed by atoms with Crippen molar-refractivity contribution >= 4 is 29.3 Å². The number of nitrogens with zero attached hydrogens (tertiary/aromatic N) is 1. The summed E-state index contributed by atoms with van der Waals surface area (Å²) in [5.74, 6) is -0.538. The van der Waals surface area contributed by atoms with Crippen molar-refractivity contribution in [1.82, 2.24) is 9.97 Å². The molecule has 1 amide bonds. The predicted octanol–water partition coefficient (Wildman–Crippen LogP) is 2.63. The van der Waals surface area contributed by atoms with Crippen molar-refractivity contribution in [2.45, 2.75) is 38.5 Å². The van der Waals surface area contributed by atoms with Crippen LogP contribution in [0.3, 0.4) is 0 Å². The van der Waals surface area contributed by atoms with Crippen molar-refractivity contribution in [2.75, 3.05) is 11.1 Å². The summed E-state index contributed by atoms with van der Waals surface area (Å²) in [6.07, 6.45) is 0.458. The second kappa shape index (κ2) is 9.19. The highest BCUT2D eigenvalue weighted by Gasteiger charge is 2.10. The fourth-order valence-corrected chi connectivity index (χ4v) is 2.73. The topological polar surface area (TPSA) is 101 Å². The first-order valence-electron chi connectivity index (χ1n) is 8.21. The van der Waals surface area contributed by atoms with Gasteiger partial charge in [0.05, 0.1) is 17.4 Å². The number of H-pyrrole nitrogens is 1. The third-order valence-electron chi connectivity index (χ3n) is 3.22. The maximum absolute atomic E-state index is 12.0. The zero-order valence-electron chi connectivity index (χ0n) is 14.9. The van der Waals surface area contributed by atoms with Gasteiger partial charge in [0.25, 0.3) is 5.56 Å². The number of anilines is 1. The van der Waals surface area contributed by atoms with Gasteiger partial charge in [-0.15, -0.1) is 0 Å². The second-order valence-corrected chi connectivity index (χ2v) is 6.73.